The Hall–Kier alpha value is -2.94. The van der Waals surface area contributed by atoms with Crippen molar-refractivity contribution in [2.45, 2.75) is 0 Å². The summed E-state index contributed by atoms with van der Waals surface area (Å²) in [4.78, 5) is 24.4. The highest BCUT2D eigenvalue weighted by Gasteiger charge is 2.24. The van der Waals surface area contributed by atoms with Crippen molar-refractivity contribution in [3.8, 4) is 0 Å². The summed E-state index contributed by atoms with van der Waals surface area (Å²) >= 11 is 0. The minimum absolute atomic E-state index is 0.167. The van der Waals surface area contributed by atoms with Gasteiger partial charge in [0, 0.05) is 5.69 Å². The fourth-order valence-electron chi connectivity index (χ4n) is 2.25. The Labute approximate surface area is 122 Å². The number of anilines is 1. The van der Waals surface area contributed by atoms with E-state index >= 15 is 0 Å². The zero-order valence-corrected chi connectivity index (χ0v) is 11.2. The van der Waals surface area contributed by atoms with Crippen molar-refractivity contribution < 1.29 is 9.59 Å². The second-order valence-electron chi connectivity index (χ2n) is 4.67. The van der Waals surface area contributed by atoms with E-state index in [0.29, 0.717) is 11.3 Å². The van der Waals surface area contributed by atoms with Gasteiger partial charge in [0.15, 0.2) is 5.78 Å². The van der Waals surface area contributed by atoms with E-state index in [1.165, 1.54) is 12.2 Å². The summed E-state index contributed by atoms with van der Waals surface area (Å²) in [5, 5.41) is 3.07. The molecule has 0 spiro atoms. The van der Waals surface area contributed by atoms with Crippen LogP contribution in [-0.4, -0.2) is 11.6 Å². The molecule has 0 amide bonds. The number of carbonyl (C=O) groups is 2. The van der Waals surface area contributed by atoms with Crippen molar-refractivity contribution in [1.29, 1.82) is 0 Å². The van der Waals surface area contributed by atoms with E-state index in [0.717, 1.165) is 11.3 Å². The van der Waals surface area contributed by atoms with Crippen molar-refractivity contribution in [3.05, 3.63) is 84.1 Å². The fourth-order valence-corrected chi connectivity index (χ4v) is 2.25. The summed E-state index contributed by atoms with van der Waals surface area (Å²) in [5.74, 6) is -0.364. The fraction of sp³-hybridized carbons (Fsp3) is 0. The molecule has 0 unspecified atom stereocenters. The molecular formula is C18H13NO2. The van der Waals surface area contributed by atoms with Crippen LogP contribution in [0.25, 0.3) is 5.57 Å². The van der Waals surface area contributed by atoms with Crippen LogP contribution < -0.4 is 5.32 Å². The predicted octanol–water partition coefficient (Wildman–Crippen LogP) is 3.22. The Bertz CT molecular complexity index is 743. The molecule has 0 aromatic heterocycles. The summed E-state index contributed by atoms with van der Waals surface area (Å²) in [5.41, 5.74) is 2.24. The van der Waals surface area contributed by atoms with Crippen LogP contribution in [0.15, 0.2) is 78.5 Å². The second kappa shape index (κ2) is 5.59. The molecule has 3 rings (SSSR count). The first-order chi connectivity index (χ1) is 10.3. The van der Waals surface area contributed by atoms with E-state index in [1.54, 1.807) is 0 Å². The third-order valence-corrected chi connectivity index (χ3v) is 3.23. The first-order valence-electron chi connectivity index (χ1n) is 6.64. The van der Waals surface area contributed by atoms with Gasteiger partial charge in [0.25, 0.3) is 0 Å². The number of allylic oxidation sites excluding steroid dienone is 3. The molecule has 2 aromatic carbocycles. The summed E-state index contributed by atoms with van der Waals surface area (Å²) < 4.78 is 0. The Balaban J connectivity index is 2.09. The molecule has 0 saturated heterocycles. The number of hydrogen-bond acceptors (Lipinski definition) is 3. The van der Waals surface area contributed by atoms with Gasteiger partial charge in [0.05, 0.1) is 11.3 Å². The first-order valence-corrected chi connectivity index (χ1v) is 6.64. The zero-order chi connectivity index (χ0) is 14.7. The standard InChI is InChI=1S/C18H13NO2/c20-15-11-12-16(21)18(19-14-9-5-2-6-10-14)17(15)13-7-3-1-4-8-13/h1-12,19H. The molecule has 102 valence electrons. The van der Waals surface area contributed by atoms with Gasteiger partial charge in [-0.3, -0.25) is 9.59 Å². The number of benzene rings is 2. The average molecular weight is 275 g/mol. The van der Waals surface area contributed by atoms with Gasteiger partial charge in [-0.05, 0) is 29.8 Å². The molecule has 1 aliphatic carbocycles. The van der Waals surface area contributed by atoms with Crippen LogP contribution >= 0.6 is 0 Å². The van der Waals surface area contributed by atoms with Crippen LogP contribution in [-0.2, 0) is 9.59 Å². The lowest BCUT2D eigenvalue weighted by molar-refractivity contribution is -0.113. The van der Waals surface area contributed by atoms with Crippen molar-refractivity contribution >= 4 is 22.8 Å². The second-order valence-corrected chi connectivity index (χ2v) is 4.67. The van der Waals surface area contributed by atoms with Gasteiger partial charge in [-0.2, -0.15) is 0 Å². The first kappa shape index (κ1) is 13.1. The maximum atomic E-state index is 12.2. The smallest absolute Gasteiger partial charge is 0.202 e. The summed E-state index contributed by atoms with van der Waals surface area (Å²) in [6.07, 6.45) is 2.63. The van der Waals surface area contributed by atoms with Crippen molar-refractivity contribution in [2.24, 2.45) is 0 Å². The maximum absolute atomic E-state index is 12.2. The number of carbonyl (C=O) groups excluding carboxylic acids is 2. The van der Waals surface area contributed by atoms with Gasteiger partial charge in [-0.25, -0.2) is 0 Å². The lowest BCUT2D eigenvalue weighted by Crippen LogP contribution is -2.19. The summed E-state index contributed by atoms with van der Waals surface area (Å²) in [6, 6.07) is 18.6. The number of nitrogens with one attached hydrogen (secondary N) is 1. The van der Waals surface area contributed by atoms with Gasteiger partial charge >= 0.3 is 0 Å². The van der Waals surface area contributed by atoms with Gasteiger partial charge in [0.1, 0.15) is 0 Å². The molecule has 21 heavy (non-hydrogen) atoms. The Morgan fingerprint density at radius 3 is 1.90 bits per heavy atom. The van der Waals surface area contributed by atoms with Crippen LogP contribution in [0.2, 0.25) is 0 Å². The van der Waals surface area contributed by atoms with Crippen LogP contribution in [0.1, 0.15) is 5.56 Å². The third-order valence-electron chi connectivity index (χ3n) is 3.23. The van der Waals surface area contributed by atoms with Crippen LogP contribution in [0.3, 0.4) is 0 Å². The van der Waals surface area contributed by atoms with Gasteiger partial charge in [0.2, 0.25) is 5.78 Å². The molecule has 3 heteroatoms. The number of para-hydroxylation sites is 1. The highest BCUT2D eigenvalue weighted by atomic mass is 16.1. The van der Waals surface area contributed by atoms with Crippen LogP contribution in [0.4, 0.5) is 5.69 Å². The van der Waals surface area contributed by atoms with E-state index in [2.05, 4.69) is 5.32 Å². The Morgan fingerprint density at radius 2 is 1.24 bits per heavy atom. The average Bonchev–Trinajstić information content (AvgIpc) is 2.53. The molecule has 0 atom stereocenters. The molecular weight excluding hydrogens is 262 g/mol. The molecule has 0 aliphatic heterocycles. The Kier molecular flexibility index (Phi) is 3.48. The van der Waals surface area contributed by atoms with E-state index in [9.17, 15) is 9.59 Å². The predicted molar refractivity (Wildman–Crippen MR) is 82.6 cm³/mol. The lowest BCUT2D eigenvalue weighted by atomic mass is 9.93. The molecule has 2 aromatic rings. The zero-order valence-electron chi connectivity index (χ0n) is 11.2. The van der Waals surface area contributed by atoms with Crippen molar-refractivity contribution in [3.63, 3.8) is 0 Å². The largest absolute Gasteiger partial charge is 0.352 e. The van der Waals surface area contributed by atoms with E-state index in [4.69, 9.17) is 0 Å². The van der Waals surface area contributed by atoms with Gasteiger partial charge in [-0.15, -0.1) is 0 Å². The van der Waals surface area contributed by atoms with Crippen molar-refractivity contribution in [2.75, 3.05) is 5.32 Å². The third kappa shape index (κ3) is 2.67. The molecule has 0 fully saturated rings. The van der Waals surface area contributed by atoms with E-state index < -0.39 is 0 Å². The minimum Gasteiger partial charge on any atom is -0.352 e. The normalized spacial score (nSPS) is 14.5. The number of rotatable bonds is 3. The molecule has 0 bridgehead atoms. The van der Waals surface area contributed by atoms with Crippen LogP contribution in [0.5, 0.6) is 0 Å². The molecule has 1 aliphatic rings. The van der Waals surface area contributed by atoms with Gasteiger partial charge < -0.3 is 5.32 Å². The molecule has 0 heterocycles. The topological polar surface area (TPSA) is 46.2 Å². The quantitative estimate of drug-likeness (QED) is 0.875. The molecule has 0 radical (unpaired) electrons. The SMILES string of the molecule is O=C1C=CC(=O)C(c2ccccc2)=C1Nc1ccccc1. The number of ketones is 2. The number of hydrogen-bond donors (Lipinski definition) is 1. The highest BCUT2D eigenvalue weighted by Crippen LogP contribution is 2.25. The van der Waals surface area contributed by atoms with Crippen molar-refractivity contribution in [1.82, 2.24) is 0 Å². The van der Waals surface area contributed by atoms with E-state index in [1.807, 2.05) is 60.7 Å². The minimum atomic E-state index is -0.197. The van der Waals surface area contributed by atoms with Crippen LogP contribution in [0, 0.1) is 0 Å². The monoisotopic (exact) mass is 275 g/mol. The Morgan fingerprint density at radius 1 is 0.667 bits per heavy atom. The highest BCUT2D eigenvalue weighted by molar-refractivity contribution is 6.36. The van der Waals surface area contributed by atoms with Gasteiger partial charge in [-0.1, -0.05) is 48.5 Å². The lowest BCUT2D eigenvalue weighted by Gasteiger charge is -2.16. The van der Waals surface area contributed by atoms with E-state index in [-0.39, 0.29) is 11.6 Å². The maximum Gasteiger partial charge on any atom is 0.202 e. The molecule has 0 saturated carbocycles. The molecule has 3 nitrogen and oxygen atoms in total. The molecule has 1 N–H and O–H groups in total. The summed E-state index contributed by atoms with van der Waals surface area (Å²) in [6.45, 7) is 0. The summed E-state index contributed by atoms with van der Waals surface area (Å²) in [7, 11) is 0.